The summed E-state index contributed by atoms with van der Waals surface area (Å²) in [4.78, 5) is 192. The van der Waals surface area contributed by atoms with Gasteiger partial charge in [0.05, 0.1) is 36.6 Å². The van der Waals surface area contributed by atoms with Crippen LogP contribution in [-0.4, -0.2) is 219 Å². The molecule has 1 saturated carbocycles. The highest BCUT2D eigenvalue weighted by molar-refractivity contribution is 8.77. The number of nitrogens with zero attached hydrogens (tertiary/aromatic N) is 5. The minimum Gasteiger partial charge on any atom is -0.481 e. The average molecular weight is 1440 g/mol. The van der Waals surface area contributed by atoms with Gasteiger partial charge in [-0.3, -0.25) is 72.7 Å². The number of hydrogen-bond acceptors (Lipinski definition) is 20. The third kappa shape index (κ3) is 30.7. The van der Waals surface area contributed by atoms with Crippen molar-refractivity contribution in [2.45, 2.75) is 168 Å². The molecule has 1 aliphatic heterocycles. The van der Waals surface area contributed by atoms with Gasteiger partial charge in [0.25, 0.3) is 0 Å². The van der Waals surface area contributed by atoms with E-state index in [9.17, 15) is 67.7 Å². The molecule has 31 N–H and O–H groups in total. The quantitative estimate of drug-likeness (QED) is 0.0163. The van der Waals surface area contributed by atoms with Crippen molar-refractivity contribution in [2.24, 2.45) is 71.6 Å². The van der Waals surface area contributed by atoms with Crippen LogP contribution in [0.1, 0.15) is 108 Å². The predicted octanol–water partition coefficient (Wildman–Crippen LogP) is -7.11. The van der Waals surface area contributed by atoms with Crippen LogP contribution in [0.5, 0.6) is 0 Å². The molecule has 2 fully saturated rings. The number of hydrogen-bond donors (Lipinski definition) is 22. The third-order valence-corrected chi connectivity index (χ3v) is 18.9. The maximum Gasteiger partial charge on any atom is 0.326 e. The number of carboxylic acids is 2. The number of amides is 10. The molecule has 41 heteroatoms. The summed E-state index contributed by atoms with van der Waals surface area (Å²) in [5.74, 6) is -14.5. The van der Waals surface area contributed by atoms with E-state index in [1.807, 2.05) is 0 Å². The topological polar surface area (TPSA) is 678 Å². The molecule has 1 spiro atoms. The van der Waals surface area contributed by atoms with Crippen molar-refractivity contribution in [3.05, 3.63) is 54.1 Å². The summed E-state index contributed by atoms with van der Waals surface area (Å²) in [6.45, 7) is -1.79. The van der Waals surface area contributed by atoms with Crippen molar-refractivity contribution >= 4 is 116 Å². The number of H-pyrrole nitrogens is 1. The van der Waals surface area contributed by atoms with Crippen LogP contribution >= 0.6 is 21.6 Å². The molecule has 0 bridgehead atoms. The number of carbonyl (C=O) groups excluding carboxylic acids is 10. The summed E-state index contributed by atoms with van der Waals surface area (Å²) in [5, 5.41) is 45.8. The van der Waals surface area contributed by atoms with E-state index in [-0.39, 0.29) is 133 Å². The van der Waals surface area contributed by atoms with E-state index in [0.29, 0.717) is 30.5 Å². The molecule has 1 aromatic heterocycles. The van der Waals surface area contributed by atoms with Gasteiger partial charge in [-0.2, -0.15) is 0 Å². The van der Waals surface area contributed by atoms with Gasteiger partial charge in [-0.15, -0.1) is 0 Å². The van der Waals surface area contributed by atoms with Crippen molar-refractivity contribution in [3.63, 3.8) is 0 Å². The molecule has 4 rings (SSSR count). The molecular formula is C59H95N25O14S2. The number of nitrogens with two attached hydrogens (primary N) is 9. The number of carbonyl (C=O) groups is 12. The van der Waals surface area contributed by atoms with Crippen molar-refractivity contribution < 1.29 is 67.7 Å². The molecular weight excluding hydrogens is 1350 g/mol. The van der Waals surface area contributed by atoms with Crippen LogP contribution in [-0.2, 0) is 70.4 Å². The second-order valence-corrected chi connectivity index (χ2v) is 26.3. The molecule has 39 nitrogen and oxygen atoms in total. The number of aromatic nitrogens is 2. The lowest BCUT2D eigenvalue weighted by atomic mass is 9.82. The fourth-order valence-electron chi connectivity index (χ4n) is 10.5. The standard InChI is InChI=1S/C59H95N25O14S2/c60-34(13-7-21-70-55(61)62)46(89)84-45-53(96)75-29-43(86)77-39(25-33-27-69-31-76-33)50(93)79-35(14-8-22-71-56(63)64)47(90)74-28-42(85)78-40(26-44(87)88)51(94)81-37(18-17-32-11-3-1-4-12-32)49(92)80-36(15-9-23-72-57(65)66)48(91)83-41(30-99-100-59(45)19-5-2-6-20-59)52(95)82-38(54(97)98)16-10-24-73-58(67)68/h1,3-4,11-12,27,31,34-41,45H,2,5-10,13-26,28-30,60H2,(H,69,76)(H,74,90)(H,75,96)(H,77,86)(H,78,85)(H,79,93)(H,80,92)(H,81,94)(H,82,95)(H,83,91)(H,84,89)(H,87,88)(H,97,98)(H4,61,62,70)(H4,63,64,71)(H4,65,66,72)(H4,67,68,73)/t34-,35-,36-,37?,38-,39-,40-,41-,45?/m0/s1. The van der Waals surface area contributed by atoms with E-state index in [4.69, 9.17) is 51.6 Å². The number of imidazole rings is 1. The first kappa shape index (κ1) is 82.2. The number of guanidine groups is 4. The molecule has 2 unspecified atom stereocenters. The predicted molar refractivity (Wildman–Crippen MR) is 372 cm³/mol. The van der Waals surface area contributed by atoms with Gasteiger partial charge in [0.15, 0.2) is 23.8 Å². The van der Waals surface area contributed by atoms with Gasteiger partial charge in [0, 0.05) is 50.2 Å². The van der Waals surface area contributed by atoms with E-state index in [1.54, 1.807) is 30.3 Å². The number of aliphatic carboxylic acids is 2. The second kappa shape index (κ2) is 43.3. The summed E-state index contributed by atoms with van der Waals surface area (Å²) in [6, 6.07) is -5.54. The van der Waals surface area contributed by atoms with Crippen molar-refractivity contribution in [1.82, 2.24) is 63.1 Å². The first-order valence-corrected chi connectivity index (χ1v) is 34.6. The largest absolute Gasteiger partial charge is 0.481 e. The zero-order valence-corrected chi connectivity index (χ0v) is 56.9. The van der Waals surface area contributed by atoms with Gasteiger partial charge in [-0.1, -0.05) is 71.2 Å². The minimum atomic E-state index is -1.92. The van der Waals surface area contributed by atoms with Gasteiger partial charge < -0.3 is 120 Å². The Morgan fingerprint density at radius 2 is 1.10 bits per heavy atom. The molecule has 1 aromatic carbocycles. The zero-order valence-electron chi connectivity index (χ0n) is 55.3. The highest BCUT2D eigenvalue weighted by Crippen LogP contribution is 2.48. The van der Waals surface area contributed by atoms with Gasteiger partial charge in [0.1, 0.15) is 48.3 Å². The van der Waals surface area contributed by atoms with Crippen LogP contribution < -0.4 is 105 Å². The number of carboxylic acid groups (broad SMARTS) is 2. The summed E-state index contributed by atoms with van der Waals surface area (Å²) < 4.78 is -1.30. The van der Waals surface area contributed by atoms with Crippen LogP contribution in [0.15, 0.2) is 62.8 Å². The Morgan fingerprint density at radius 1 is 0.600 bits per heavy atom. The van der Waals surface area contributed by atoms with E-state index < -0.39 is 155 Å². The van der Waals surface area contributed by atoms with Gasteiger partial charge in [-0.25, -0.2) is 9.78 Å². The molecule has 1 saturated heterocycles. The SMILES string of the molecule is NC(N)=NCCC[C@H](NC(=O)[C@@H]1CSSC2(CCCCC2)C(NC(=O)[C@@H](N)CCCN=C(N)N)C(=O)NCC(=O)N[C@@H](Cc2cnc[nH]2)C(=O)N[C@@H](CCCN=C(N)N)C(=O)NCC(=O)N[C@@H](CC(=O)O)C(=O)NC(CCc2ccccc2)C(=O)N[C@@H](CCCN=C(N)N)C(=O)N1)C(=O)O. The van der Waals surface area contributed by atoms with Gasteiger partial charge >= 0.3 is 11.9 Å². The van der Waals surface area contributed by atoms with Crippen molar-refractivity contribution in [1.29, 1.82) is 0 Å². The third-order valence-electron chi connectivity index (χ3n) is 15.6. The van der Waals surface area contributed by atoms with Crippen LogP contribution in [0.3, 0.4) is 0 Å². The Labute approximate surface area is 583 Å². The molecule has 0 radical (unpaired) electrons. The van der Waals surface area contributed by atoms with Crippen molar-refractivity contribution in [3.8, 4) is 0 Å². The zero-order chi connectivity index (χ0) is 73.7. The fraction of sp³-hybridized carbons (Fsp3) is 0.576. The Balaban J connectivity index is 1.93. The molecule has 2 aliphatic rings. The Kier molecular flexibility index (Phi) is 35.6. The number of aromatic amines is 1. The normalized spacial score (nSPS) is 21.6. The fourth-order valence-corrected chi connectivity index (χ4v) is 14.0. The van der Waals surface area contributed by atoms with E-state index in [1.165, 1.54) is 12.5 Å². The maximum absolute atomic E-state index is 15.0. The Morgan fingerprint density at radius 3 is 1.64 bits per heavy atom. The lowest BCUT2D eigenvalue weighted by Gasteiger charge is -2.42. The Bertz CT molecular complexity index is 3200. The molecule has 2 heterocycles. The summed E-state index contributed by atoms with van der Waals surface area (Å²) in [5.41, 5.74) is 51.7. The minimum absolute atomic E-state index is 0.00493. The van der Waals surface area contributed by atoms with Crippen LogP contribution in [0.4, 0.5) is 0 Å². The molecule has 100 heavy (non-hydrogen) atoms. The number of benzene rings is 1. The van der Waals surface area contributed by atoms with Crippen LogP contribution in [0.2, 0.25) is 0 Å². The van der Waals surface area contributed by atoms with Gasteiger partial charge in [-0.05, 0) is 82.6 Å². The lowest BCUT2D eigenvalue weighted by molar-refractivity contribution is -0.142. The van der Waals surface area contributed by atoms with Crippen LogP contribution in [0.25, 0.3) is 0 Å². The maximum atomic E-state index is 15.0. The number of rotatable bonds is 28. The first-order valence-electron chi connectivity index (χ1n) is 32.3. The Hall–Kier alpha value is -10.2. The van der Waals surface area contributed by atoms with E-state index in [0.717, 1.165) is 21.6 Å². The summed E-state index contributed by atoms with van der Waals surface area (Å²) in [7, 11) is 2.00. The molecule has 552 valence electrons. The molecule has 9 atom stereocenters. The molecule has 10 amide bonds. The number of aryl methyl sites for hydroxylation is 1. The number of aliphatic imine (C=N–C) groups is 4. The van der Waals surface area contributed by atoms with Gasteiger partial charge in [0.2, 0.25) is 59.1 Å². The smallest absolute Gasteiger partial charge is 0.326 e. The second-order valence-electron chi connectivity index (χ2n) is 23.6. The summed E-state index contributed by atoms with van der Waals surface area (Å²) >= 11 is 0. The highest BCUT2D eigenvalue weighted by atomic mass is 33.1. The van der Waals surface area contributed by atoms with Crippen molar-refractivity contribution in [2.75, 3.05) is 45.0 Å². The van der Waals surface area contributed by atoms with E-state index >= 15 is 0 Å². The van der Waals surface area contributed by atoms with E-state index in [2.05, 4.69) is 83.1 Å². The monoisotopic (exact) mass is 1440 g/mol. The van der Waals surface area contributed by atoms with Crippen LogP contribution in [0, 0.1) is 0 Å². The molecule has 2 aromatic rings. The lowest BCUT2D eigenvalue weighted by Crippen LogP contribution is -2.62. The number of nitrogens with one attached hydrogen (secondary N) is 11. The molecule has 1 aliphatic carbocycles. The average Bonchev–Trinajstić information content (AvgIpc) is 0.850. The first-order chi connectivity index (χ1) is 47.6. The summed E-state index contributed by atoms with van der Waals surface area (Å²) in [6.07, 6.45) is 3.05. The highest BCUT2D eigenvalue weighted by Gasteiger charge is 2.47.